The molecular weight excluding hydrogens is 422 g/mol. The van der Waals surface area contributed by atoms with Crippen LogP contribution in [0, 0.1) is 0 Å². The number of para-hydroxylation sites is 1. The standard InChI is InChI=1S/C24H19N5O2S/c1-16(29-23(30)12-11-19(27-29)21-9-6-14-32-21)24(31)26-18-8-3-2-7-17(18)20-15-28-13-5-4-10-22(28)25-20/h2-16H,1H3,(H,26,31)/t16-/m1/s1. The van der Waals surface area contributed by atoms with Crippen molar-refractivity contribution < 1.29 is 4.79 Å². The lowest BCUT2D eigenvalue weighted by Gasteiger charge is -2.16. The third-order valence-corrected chi connectivity index (χ3v) is 6.06. The third-order valence-electron chi connectivity index (χ3n) is 5.17. The van der Waals surface area contributed by atoms with Gasteiger partial charge in [-0.2, -0.15) is 5.10 Å². The van der Waals surface area contributed by atoms with Gasteiger partial charge in [-0.1, -0.05) is 30.3 Å². The van der Waals surface area contributed by atoms with Crippen molar-refractivity contribution in [1.29, 1.82) is 0 Å². The van der Waals surface area contributed by atoms with Gasteiger partial charge in [0.05, 0.1) is 16.3 Å². The molecule has 0 bridgehead atoms. The van der Waals surface area contributed by atoms with Crippen LogP contribution in [0.4, 0.5) is 5.69 Å². The minimum Gasteiger partial charge on any atom is -0.324 e. The van der Waals surface area contributed by atoms with Crippen LogP contribution in [0.15, 0.2) is 89.3 Å². The minimum absolute atomic E-state index is 0.332. The van der Waals surface area contributed by atoms with Crippen molar-refractivity contribution in [2.75, 3.05) is 5.32 Å². The fourth-order valence-electron chi connectivity index (χ4n) is 3.49. The molecule has 0 aliphatic heterocycles. The molecule has 0 aliphatic carbocycles. The van der Waals surface area contributed by atoms with Crippen LogP contribution in [-0.4, -0.2) is 25.1 Å². The molecule has 1 aromatic carbocycles. The molecule has 0 saturated heterocycles. The number of carbonyl (C=O) groups excluding carboxylic acids is 1. The first-order valence-electron chi connectivity index (χ1n) is 10.1. The number of imidazole rings is 1. The van der Waals surface area contributed by atoms with Gasteiger partial charge in [0.15, 0.2) is 0 Å². The molecular formula is C24H19N5O2S. The molecule has 5 rings (SSSR count). The monoisotopic (exact) mass is 441 g/mol. The van der Waals surface area contributed by atoms with Gasteiger partial charge in [-0.25, -0.2) is 9.67 Å². The van der Waals surface area contributed by atoms with E-state index in [9.17, 15) is 9.59 Å². The Balaban J connectivity index is 1.45. The van der Waals surface area contributed by atoms with E-state index >= 15 is 0 Å². The number of carbonyl (C=O) groups is 1. The molecule has 4 aromatic heterocycles. The van der Waals surface area contributed by atoms with Gasteiger partial charge in [0, 0.05) is 24.0 Å². The first-order valence-corrected chi connectivity index (χ1v) is 11.0. The van der Waals surface area contributed by atoms with Crippen molar-refractivity contribution in [2.24, 2.45) is 0 Å². The summed E-state index contributed by atoms with van der Waals surface area (Å²) in [6.07, 6.45) is 3.84. The largest absolute Gasteiger partial charge is 0.324 e. The van der Waals surface area contributed by atoms with Crippen LogP contribution in [0.25, 0.3) is 27.5 Å². The lowest BCUT2D eigenvalue weighted by atomic mass is 10.1. The number of rotatable bonds is 5. The molecule has 4 heterocycles. The molecule has 7 nitrogen and oxygen atoms in total. The Bertz CT molecular complexity index is 1440. The number of pyridine rings is 1. The summed E-state index contributed by atoms with van der Waals surface area (Å²) in [5.41, 5.74) is 3.30. The smallest absolute Gasteiger partial charge is 0.267 e. The van der Waals surface area contributed by atoms with Crippen molar-refractivity contribution in [1.82, 2.24) is 19.2 Å². The zero-order valence-electron chi connectivity index (χ0n) is 17.2. The molecule has 158 valence electrons. The van der Waals surface area contributed by atoms with Gasteiger partial charge in [0.1, 0.15) is 17.4 Å². The molecule has 0 unspecified atom stereocenters. The summed E-state index contributed by atoms with van der Waals surface area (Å²) in [5.74, 6) is -0.334. The lowest BCUT2D eigenvalue weighted by molar-refractivity contribution is -0.119. The number of hydrogen-bond acceptors (Lipinski definition) is 5. The number of anilines is 1. The van der Waals surface area contributed by atoms with Crippen molar-refractivity contribution in [2.45, 2.75) is 13.0 Å². The normalized spacial score (nSPS) is 12.0. The average molecular weight is 442 g/mol. The number of amides is 1. The summed E-state index contributed by atoms with van der Waals surface area (Å²) in [7, 11) is 0. The molecule has 5 aromatic rings. The van der Waals surface area contributed by atoms with Gasteiger partial charge in [0.25, 0.3) is 5.56 Å². The van der Waals surface area contributed by atoms with E-state index < -0.39 is 6.04 Å². The molecule has 0 saturated carbocycles. The Morgan fingerprint density at radius 2 is 1.84 bits per heavy atom. The number of benzene rings is 1. The lowest BCUT2D eigenvalue weighted by Crippen LogP contribution is -2.33. The molecule has 0 fully saturated rings. The summed E-state index contributed by atoms with van der Waals surface area (Å²) in [6, 6.07) is 19.4. The molecule has 8 heteroatoms. The van der Waals surface area contributed by atoms with Gasteiger partial charge in [-0.15, -0.1) is 11.3 Å². The topological polar surface area (TPSA) is 81.3 Å². The highest BCUT2D eigenvalue weighted by Crippen LogP contribution is 2.28. The molecule has 1 N–H and O–H groups in total. The van der Waals surface area contributed by atoms with Crippen LogP contribution in [0.5, 0.6) is 0 Å². The molecule has 1 amide bonds. The van der Waals surface area contributed by atoms with Crippen molar-refractivity contribution in [3.05, 3.63) is 94.9 Å². The maximum absolute atomic E-state index is 13.1. The predicted octanol–water partition coefficient (Wildman–Crippen LogP) is 4.49. The van der Waals surface area contributed by atoms with E-state index in [0.29, 0.717) is 11.4 Å². The van der Waals surface area contributed by atoms with Crippen LogP contribution in [0.2, 0.25) is 0 Å². The van der Waals surface area contributed by atoms with Crippen LogP contribution in [0.1, 0.15) is 13.0 Å². The summed E-state index contributed by atoms with van der Waals surface area (Å²) in [5, 5.41) is 9.32. The molecule has 32 heavy (non-hydrogen) atoms. The van der Waals surface area contributed by atoms with E-state index in [2.05, 4.69) is 15.4 Å². The van der Waals surface area contributed by atoms with Crippen LogP contribution in [0.3, 0.4) is 0 Å². The highest BCUT2D eigenvalue weighted by atomic mass is 32.1. The number of nitrogens with zero attached hydrogens (tertiary/aromatic N) is 4. The molecule has 0 spiro atoms. The second-order valence-corrected chi connectivity index (χ2v) is 8.23. The highest BCUT2D eigenvalue weighted by molar-refractivity contribution is 7.13. The van der Waals surface area contributed by atoms with Crippen molar-refractivity contribution in [3.8, 4) is 21.8 Å². The summed E-state index contributed by atoms with van der Waals surface area (Å²) >= 11 is 1.53. The molecule has 0 radical (unpaired) electrons. The van der Waals surface area contributed by atoms with E-state index in [1.54, 1.807) is 13.0 Å². The van der Waals surface area contributed by atoms with E-state index in [1.165, 1.54) is 22.1 Å². The Morgan fingerprint density at radius 3 is 2.66 bits per heavy atom. The molecule has 1 atom stereocenters. The van der Waals surface area contributed by atoms with Crippen LogP contribution >= 0.6 is 11.3 Å². The second kappa shape index (κ2) is 8.24. The maximum Gasteiger partial charge on any atom is 0.267 e. The quantitative estimate of drug-likeness (QED) is 0.436. The van der Waals surface area contributed by atoms with Gasteiger partial charge in [-0.3, -0.25) is 9.59 Å². The number of nitrogens with one attached hydrogen (secondary N) is 1. The van der Waals surface area contributed by atoms with Crippen LogP contribution < -0.4 is 10.9 Å². The zero-order valence-corrected chi connectivity index (χ0v) is 18.0. The Morgan fingerprint density at radius 1 is 1.00 bits per heavy atom. The number of aromatic nitrogens is 4. The first kappa shape index (κ1) is 19.9. The van der Waals surface area contributed by atoms with Gasteiger partial charge in [0.2, 0.25) is 5.91 Å². The Labute approximate surface area is 187 Å². The SMILES string of the molecule is C[C@H](C(=O)Nc1ccccc1-c1cn2ccccc2n1)n1nc(-c2cccs2)ccc1=O. The maximum atomic E-state index is 13.1. The fraction of sp³-hybridized carbons (Fsp3) is 0.0833. The Hall–Kier alpha value is -4.04. The minimum atomic E-state index is -0.795. The first-order chi connectivity index (χ1) is 15.6. The van der Waals surface area contributed by atoms with Crippen molar-refractivity contribution in [3.63, 3.8) is 0 Å². The highest BCUT2D eigenvalue weighted by Gasteiger charge is 2.20. The number of fused-ring (bicyclic) bond motifs is 1. The summed E-state index contributed by atoms with van der Waals surface area (Å²) in [6.45, 7) is 1.66. The van der Waals surface area contributed by atoms with E-state index in [0.717, 1.165) is 21.8 Å². The van der Waals surface area contributed by atoms with Crippen LogP contribution in [-0.2, 0) is 4.79 Å². The van der Waals surface area contributed by atoms with Gasteiger partial charge >= 0.3 is 0 Å². The zero-order chi connectivity index (χ0) is 22.1. The third kappa shape index (κ3) is 3.72. The number of hydrogen-bond donors (Lipinski definition) is 1. The fourth-order valence-corrected chi connectivity index (χ4v) is 4.18. The van der Waals surface area contributed by atoms with E-state index in [4.69, 9.17) is 0 Å². The molecule has 0 aliphatic rings. The average Bonchev–Trinajstić information content (AvgIpc) is 3.49. The Kier molecular flexibility index (Phi) is 5.12. The van der Waals surface area contributed by atoms with E-state index in [-0.39, 0.29) is 11.5 Å². The summed E-state index contributed by atoms with van der Waals surface area (Å²) in [4.78, 5) is 31.1. The second-order valence-electron chi connectivity index (χ2n) is 7.28. The number of thiophene rings is 1. The van der Waals surface area contributed by atoms with E-state index in [1.807, 2.05) is 76.8 Å². The summed E-state index contributed by atoms with van der Waals surface area (Å²) < 4.78 is 3.15. The predicted molar refractivity (Wildman–Crippen MR) is 126 cm³/mol. The van der Waals surface area contributed by atoms with Crippen molar-refractivity contribution >= 4 is 28.6 Å². The van der Waals surface area contributed by atoms with Gasteiger partial charge < -0.3 is 9.72 Å². The van der Waals surface area contributed by atoms with Gasteiger partial charge in [-0.05, 0) is 42.6 Å².